The molecule has 0 saturated carbocycles. The molecule has 2 N–H and O–H groups in total. The molecule has 1 aromatic heterocycles. The number of para-hydroxylation sites is 2. The zero-order valence-corrected chi connectivity index (χ0v) is 13.0. The zero-order chi connectivity index (χ0) is 16.4. The summed E-state index contributed by atoms with van der Waals surface area (Å²) < 4.78 is 1.43. The Balaban J connectivity index is 1.76. The molecule has 3 rings (SSSR count). The van der Waals surface area contributed by atoms with Gasteiger partial charge in [0.2, 0.25) is 5.91 Å². The lowest BCUT2D eigenvalue weighted by molar-refractivity contribution is -0.116. The van der Waals surface area contributed by atoms with Crippen molar-refractivity contribution in [3.8, 4) is 0 Å². The summed E-state index contributed by atoms with van der Waals surface area (Å²) in [4.78, 5) is 28.9. The van der Waals surface area contributed by atoms with Crippen LogP contribution in [0, 0.1) is 0 Å². The van der Waals surface area contributed by atoms with Gasteiger partial charge in [-0.15, -0.1) is 0 Å². The third kappa shape index (κ3) is 3.11. The molecule has 1 amide bonds. The summed E-state index contributed by atoms with van der Waals surface area (Å²) in [6.07, 6.45) is 0. The Hall–Kier alpha value is -3.02. The minimum Gasteiger partial charge on any atom is -0.378 e. The highest BCUT2D eigenvalue weighted by molar-refractivity contribution is 5.91. The van der Waals surface area contributed by atoms with E-state index in [0.717, 1.165) is 16.7 Å². The van der Waals surface area contributed by atoms with Crippen LogP contribution in [-0.2, 0) is 11.3 Å². The van der Waals surface area contributed by atoms with Crippen LogP contribution in [0.15, 0.2) is 53.3 Å². The monoisotopic (exact) mass is 310 g/mol. The Morgan fingerprint density at radius 1 is 1.13 bits per heavy atom. The molecule has 0 aliphatic carbocycles. The van der Waals surface area contributed by atoms with Crippen molar-refractivity contribution in [2.45, 2.75) is 6.54 Å². The highest BCUT2D eigenvalue weighted by Gasteiger charge is 2.10. The largest absolute Gasteiger partial charge is 0.378 e. The van der Waals surface area contributed by atoms with Crippen molar-refractivity contribution in [2.75, 3.05) is 24.3 Å². The number of hydrogen-bond donors (Lipinski definition) is 2. The quantitative estimate of drug-likeness (QED) is 0.774. The van der Waals surface area contributed by atoms with Crippen molar-refractivity contribution in [3.63, 3.8) is 0 Å². The molecule has 0 spiro atoms. The fraction of sp³-hybridized carbons (Fsp3) is 0.176. The molecular weight excluding hydrogens is 292 g/mol. The predicted octanol–water partition coefficient (Wildman–Crippen LogP) is 2.03. The fourth-order valence-corrected chi connectivity index (χ4v) is 2.45. The summed E-state index contributed by atoms with van der Waals surface area (Å²) in [6, 6.07) is 14.8. The first-order valence-electron chi connectivity index (χ1n) is 7.29. The molecule has 6 nitrogen and oxygen atoms in total. The van der Waals surface area contributed by atoms with Gasteiger partial charge < -0.3 is 15.2 Å². The van der Waals surface area contributed by atoms with E-state index in [4.69, 9.17) is 0 Å². The van der Waals surface area contributed by atoms with Gasteiger partial charge in [0, 0.05) is 25.5 Å². The molecule has 3 aromatic rings. The molecule has 118 valence electrons. The molecule has 6 heteroatoms. The molecule has 23 heavy (non-hydrogen) atoms. The van der Waals surface area contributed by atoms with Gasteiger partial charge >= 0.3 is 5.69 Å². The lowest BCUT2D eigenvalue weighted by Crippen LogP contribution is -2.25. The van der Waals surface area contributed by atoms with Gasteiger partial charge in [-0.3, -0.25) is 9.36 Å². The Morgan fingerprint density at radius 2 is 1.83 bits per heavy atom. The summed E-state index contributed by atoms with van der Waals surface area (Å²) >= 11 is 0. The van der Waals surface area contributed by atoms with Crippen molar-refractivity contribution in [3.05, 3.63) is 59.0 Å². The summed E-state index contributed by atoms with van der Waals surface area (Å²) in [5, 5.41) is 2.81. The number of H-pyrrole nitrogens is 1. The Bertz CT molecular complexity index is 891. The second kappa shape index (κ2) is 6.00. The van der Waals surface area contributed by atoms with Gasteiger partial charge in [0.1, 0.15) is 6.54 Å². The number of aromatic nitrogens is 2. The van der Waals surface area contributed by atoms with Crippen LogP contribution in [0.4, 0.5) is 11.4 Å². The number of anilines is 2. The molecule has 0 atom stereocenters. The van der Waals surface area contributed by atoms with Gasteiger partial charge in [-0.25, -0.2) is 4.79 Å². The van der Waals surface area contributed by atoms with Crippen molar-refractivity contribution in [1.29, 1.82) is 0 Å². The van der Waals surface area contributed by atoms with Gasteiger partial charge in [-0.1, -0.05) is 12.1 Å². The summed E-state index contributed by atoms with van der Waals surface area (Å²) in [7, 11) is 3.91. The number of nitrogens with zero attached hydrogens (tertiary/aromatic N) is 2. The second-order valence-electron chi connectivity index (χ2n) is 5.52. The molecule has 0 fully saturated rings. The molecular formula is C17H18N4O2. The van der Waals surface area contributed by atoms with Gasteiger partial charge in [-0.2, -0.15) is 0 Å². The number of aromatic amines is 1. The van der Waals surface area contributed by atoms with Crippen LogP contribution in [0.5, 0.6) is 0 Å². The molecule has 0 aliphatic rings. The van der Waals surface area contributed by atoms with Crippen molar-refractivity contribution < 1.29 is 4.79 Å². The highest BCUT2D eigenvalue weighted by atomic mass is 16.2. The lowest BCUT2D eigenvalue weighted by Gasteiger charge is -2.13. The van der Waals surface area contributed by atoms with Gasteiger partial charge in [0.05, 0.1) is 11.0 Å². The van der Waals surface area contributed by atoms with Crippen LogP contribution in [0.2, 0.25) is 0 Å². The maximum absolute atomic E-state index is 12.2. The molecule has 0 saturated heterocycles. The van der Waals surface area contributed by atoms with E-state index in [1.165, 1.54) is 4.57 Å². The van der Waals surface area contributed by atoms with E-state index in [-0.39, 0.29) is 18.1 Å². The lowest BCUT2D eigenvalue weighted by atomic mass is 10.2. The van der Waals surface area contributed by atoms with Crippen molar-refractivity contribution in [2.24, 2.45) is 0 Å². The summed E-state index contributed by atoms with van der Waals surface area (Å²) in [5.41, 5.74) is 2.91. The van der Waals surface area contributed by atoms with E-state index in [2.05, 4.69) is 10.3 Å². The highest BCUT2D eigenvalue weighted by Crippen LogP contribution is 2.16. The smallest absolute Gasteiger partial charge is 0.326 e. The zero-order valence-electron chi connectivity index (χ0n) is 13.0. The normalized spacial score (nSPS) is 10.7. The van der Waals surface area contributed by atoms with Crippen LogP contribution in [0.1, 0.15) is 0 Å². The van der Waals surface area contributed by atoms with Gasteiger partial charge in [-0.05, 0) is 36.4 Å². The molecule has 1 heterocycles. The molecule has 0 radical (unpaired) electrons. The third-order valence-electron chi connectivity index (χ3n) is 3.65. The number of benzene rings is 2. The number of imidazole rings is 1. The minimum absolute atomic E-state index is 0.0295. The van der Waals surface area contributed by atoms with Crippen LogP contribution >= 0.6 is 0 Å². The van der Waals surface area contributed by atoms with Crippen LogP contribution < -0.4 is 15.9 Å². The van der Waals surface area contributed by atoms with E-state index in [1.54, 1.807) is 0 Å². The predicted molar refractivity (Wildman–Crippen MR) is 92.0 cm³/mol. The maximum atomic E-state index is 12.2. The van der Waals surface area contributed by atoms with Gasteiger partial charge in [0.25, 0.3) is 0 Å². The number of hydrogen-bond acceptors (Lipinski definition) is 3. The SMILES string of the molecule is CN(C)c1ccc(NC(=O)Cn2c(=O)[nH]c3ccccc32)cc1. The van der Waals surface area contributed by atoms with Crippen molar-refractivity contribution in [1.82, 2.24) is 9.55 Å². The number of rotatable bonds is 4. The average molecular weight is 310 g/mol. The third-order valence-corrected chi connectivity index (χ3v) is 3.65. The fourth-order valence-electron chi connectivity index (χ4n) is 2.45. The Kier molecular flexibility index (Phi) is 3.89. The first kappa shape index (κ1) is 14.9. The van der Waals surface area contributed by atoms with E-state index in [1.807, 2.05) is 67.5 Å². The van der Waals surface area contributed by atoms with E-state index >= 15 is 0 Å². The molecule has 0 aliphatic heterocycles. The standard InChI is InChI=1S/C17H18N4O2/c1-20(2)13-9-7-12(8-10-13)18-16(22)11-21-15-6-4-3-5-14(15)19-17(21)23/h3-10H,11H2,1-2H3,(H,18,22)(H,19,23). The number of carbonyl (C=O) groups excluding carboxylic acids is 1. The molecule has 2 aromatic carbocycles. The summed E-state index contributed by atoms with van der Waals surface area (Å²) in [5.74, 6) is -0.241. The van der Waals surface area contributed by atoms with Crippen LogP contribution in [-0.4, -0.2) is 29.6 Å². The van der Waals surface area contributed by atoms with E-state index in [9.17, 15) is 9.59 Å². The topological polar surface area (TPSA) is 70.1 Å². The first-order chi connectivity index (χ1) is 11.0. The number of carbonyl (C=O) groups is 1. The molecule has 0 unspecified atom stereocenters. The molecule has 0 bridgehead atoms. The van der Waals surface area contributed by atoms with Crippen LogP contribution in [0.25, 0.3) is 11.0 Å². The maximum Gasteiger partial charge on any atom is 0.326 e. The number of amides is 1. The summed E-state index contributed by atoms with van der Waals surface area (Å²) in [6.45, 7) is -0.0295. The minimum atomic E-state index is -0.288. The van der Waals surface area contributed by atoms with E-state index < -0.39 is 0 Å². The Morgan fingerprint density at radius 3 is 2.52 bits per heavy atom. The number of nitrogens with one attached hydrogen (secondary N) is 2. The van der Waals surface area contributed by atoms with Crippen molar-refractivity contribution >= 4 is 28.3 Å². The number of fused-ring (bicyclic) bond motifs is 1. The van der Waals surface area contributed by atoms with Crippen LogP contribution in [0.3, 0.4) is 0 Å². The Labute approximate surface area is 133 Å². The average Bonchev–Trinajstić information content (AvgIpc) is 2.84. The second-order valence-corrected chi connectivity index (χ2v) is 5.52. The first-order valence-corrected chi connectivity index (χ1v) is 7.29. The van der Waals surface area contributed by atoms with E-state index in [0.29, 0.717) is 5.69 Å². The van der Waals surface area contributed by atoms with Gasteiger partial charge in [0.15, 0.2) is 0 Å².